The van der Waals surface area contributed by atoms with E-state index in [-0.39, 0.29) is 0 Å². The molecule has 0 amide bonds. The van der Waals surface area contributed by atoms with E-state index in [4.69, 9.17) is 0 Å². The van der Waals surface area contributed by atoms with Crippen molar-refractivity contribution < 1.29 is 0 Å². The molecule has 0 radical (unpaired) electrons. The third kappa shape index (κ3) is 4.42. The van der Waals surface area contributed by atoms with Crippen LogP contribution < -0.4 is 5.32 Å². The molecule has 1 rings (SSSR count). The van der Waals surface area contributed by atoms with Crippen molar-refractivity contribution in [2.45, 2.75) is 33.2 Å². The van der Waals surface area contributed by atoms with Crippen molar-refractivity contribution in [1.82, 2.24) is 14.9 Å². The van der Waals surface area contributed by atoms with E-state index in [0.717, 1.165) is 25.6 Å². The van der Waals surface area contributed by atoms with Crippen LogP contribution in [0, 0.1) is 5.92 Å². The van der Waals surface area contributed by atoms with Gasteiger partial charge in [-0.15, -0.1) is 0 Å². The Morgan fingerprint density at radius 2 is 2.36 bits per heavy atom. The quantitative estimate of drug-likeness (QED) is 0.674. The zero-order valence-electron chi connectivity index (χ0n) is 9.24. The van der Waals surface area contributed by atoms with Gasteiger partial charge in [-0.05, 0) is 25.4 Å². The van der Waals surface area contributed by atoms with Gasteiger partial charge in [-0.1, -0.05) is 20.3 Å². The molecule has 0 unspecified atom stereocenters. The molecule has 0 saturated heterocycles. The Morgan fingerprint density at radius 1 is 1.50 bits per heavy atom. The minimum Gasteiger partial charge on any atom is -0.337 e. The number of nitrogens with zero attached hydrogens (tertiary/aromatic N) is 2. The van der Waals surface area contributed by atoms with Crippen molar-refractivity contribution in [3.05, 3.63) is 18.7 Å². The first-order valence-electron chi connectivity index (χ1n) is 5.49. The molecule has 0 aromatic carbocycles. The van der Waals surface area contributed by atoms with E-state index in [2.05, 4.69) is 28.7 Å². The van der Waals surface area contributed by atoms with Crippen LogP contribution in [-0.4, -0.2) is 22.6 Å². The largest absolute Gasteiger partial charge is 0.337 e. The van der Waals surface area contributed by atoms with Gasteiger partial charge in [0.1, 0.15) is 0 Å². The molecular formula is C11H21N3. The van der Waals surface area contributed by atoms with Crippen molar-refractivity contribution >= 4 is 0 Å². The molecule has 1 atom stereocenters. The minimum atomic E-state index is 0.795. The van der Waals surface area contributed by atoms with E-state index in [0.29, 0.717) is 0 Å². The Labute approximate surface area is 86.5 Å². The molecule has 1 aromatic heterocycles. The van der Waals surface area contributed by atoms with E-state index in [1.807, 2.05) is 18.7 Å². The fourth-order valence-electron chi connectivity index (χ4n) is 1.30. The highest BCUT2D eigenvalue weighted by Gasteiger charge is 1.96. The van der Waals surface area contributed by atoms with Gasteiger partial charge >= 0.3 is 0 Å². The monoisotopic (exact) mass is 195 g/mol. The molecule has 1 aromatic rings. The Kier molecular flexibility index (Phi) is 5.30. The number of imidazole rings is 1. The van der Waals surface area contributed by atoms with Gasteiger partial charge in [-0.2, -0.15) is 0 Å². The third-order valence-electron chi connectivity index (χ3n) is 2.52. The Hall–Kier alpha value is -0.830. The zero-order chi connectivity index (χ0) is 10.2. The molecule has 1 heterocycles. The molecule has 1 N–H and O–H groups in total. The second-order valence-electron chi connectivity index (χ2n) is 3.87. The number of aromatic nitrogens is 2. The van der Waals surface area contributed by atoms with Crippen molar-refractivity contribution in [3.63, 3.8) is 0 Å². The summed E-state index contributed by atoms with van der Waals surface area (Å²) in [4.78, 5) is 4.01. The highest BCUT2D eigenvalue weighted by atomic mass is 15.0. The van der Waals surface area contributed by atoms with E-state index < -0.39 is 0 Å². The van der Waals surface area contributed by atoms with Crippen LogP contribution in [0.3, 0.4) is 0 Å². The summed E-state index contributed by atoms with van der Waals surface area (Å²) in [6.45, 7) is 7.82. The van der Waals surface area contributed by atoms with Gasteiger partial charge in [0, 0.05) is 18.9 Å². The molecule has 0 aliphatic rings. The topological polar surface area (TPSA) is 29.9 Å². The van der Waals surface area contributed by atoms with Crippen LogP contribution in [0.2, 0.25) is 0 Å². The lowest BCUT2D eigenvalue weighted by Gasteiger charge is -2.09. The van der Waals surface area contributed by atoms with Crippen LogP contribution in [-0.2, 0) is 6.54 Å². The van der Waals surface area contributed by atoms with Crippen LogP contribution in [0.4, 0.5) is 0 Å². The minimum absolute atomic E-state index is 0.795. The smallest absolute Gasteiger partial charge is 0.0945 e. The maximum Gasteiger partial charge on any atom is 0.0945 e. The van der Waals surface area contributed by atoms with Crippen LogP contribution in [0.5, 0.6) is 0 Å². The van der Waals surface area contributed by atoms with E-state index >= 15 is 0 Å². The van der Waals surface area contributed by atoms with Gasteiger partial charge in [0.25, 0.3) is 0 Å². The maximum atomic E-state index is 4.01. The molecule has 0 saturated carbocycles. The second kappa shape index (κ2) is 6.60. The number of hydrogen-bond donors (Lipinski definition) is 1. The first-order chi connectivity index (χ1) is 6.83. The average molecular weight is 195 g/mol. The second-order valence-corrected chi connectivity index (χ2v) is 3.87. The number of rotatable bonds is 7. The maximum absolute atomic E-state index is 4.01. The van der Waals surface area contributed by atoms with Crippen LogP contribution in [0.15, 0.2) is 18.7 Å². The standard InChI is InChI=1S/C11H21N3/c1-3-11(2)9-12-5-4-7-14-8-6-13-10-14/h6,8,10-12H,3-5,7,9H2,1-2H3/t11-/m1/s1. The average Bonchev–Trinajstić information content (AvgIpc) is 2.69. The predicted octanol–water partition coefficient (Wildman–Crippen LogP) is 1.91. The molecule has 0 bridgehead atoms. The van der Waals surface area contributed by atoms with Crippen LogP contribution in [0.25, 0.3) is 0 Å². The molecule has 80 valence electrons. The lowest BCUT2D eigenvalue weighted by Crippen LogP contribution is -2.22. The van der Waals surface area contributed by atoms with Crippen molar-refractivity contribution in [2.24, 2.45) is 5.92 Å². The highest BCUT2D eigenvalue weighted by Crippen LogP contribution is 1.97. The lowest BCUT2D eigenvalue weighted by molar-refractivity contribution is 0.484. The van der Waals surface area contributed by atoms with E-state index in [1.165, 1.54) is 12.8 Å². The molecule has 0 fully saturated rings. The van der Waals surface area contributed by atoms with Crippen LogP contribution in [0.1, 0.15) is 26.7 Å². The van der Waals surface area contributed by atoms with Gasteiger partial charge in [-0.25, -0.2) is 4.98 Å². The zero-order valence-corrected chi connectivity index (χ0v) is 9.24. The third-order valence-corrected chi connectivity index (χ3v) is 2.52. The summed E-state index contributed by atoms with van der Waals surface area (Å²) < 4.78 is 2.12. The summed E-state index contributed by atoms with van der Waals surface area (Å²) in [5, 5.41) is 3.46. The summed E-state index contributed by atoms with van der Waals surface area (Å²) in [6, 6.07) is 0. The first-order valence-corrected chi connectivity index (χ1v) is 5.49. The van der Waals surface area contributed by atoms with E-state index in [9.17, 15) is 0 Å². The molecule has 0 aliphatic carbocycles. The Balaban J connectivity index is 1.95. The summed E-state index contributed by atoms with van der Waals surface area (Å²) in [7, 11) is 0. The van der Waals surface area contributed by atoms with Crippen molar-refractivity contribution in [2.75, 3.05) is 13.1 Å². The Morgan fingerprint density at radius 3 is 3.00 bits per heavy atom. The molecule has 3 heteroatoms. The molecule has 0 spiro atoms. The molecule has 3 nitrogen and oxygen atoms in total. The summed E-state index contributed by atoms with van der Waals surface area (Å²) in [5.74, 6) is 0.795. The van der Waals surface area contributed by atoms with Gasteiger partial charge in [0.2, 0.25) is 0 Å². The number of hydrogen-bond acceptors (Lipinski definition) is 2. The highest BCUT2D eigenvalue weighted by molar-refractivity contribution is 4.73. The fourth-order valence-corrected chi connectivity index (χ4v) is 1.30. The van der Waals surface area contributed by atoms with Gasteiger partial charge in [-0.3, -0.25) is 0 Å². The van der Waals surface area contributed by atoms with Gasteiger partial charge < -0.3 is 9.88 Å². The van der Waals surface area contributed by atoms with Gasteiger partial charge in [0.15, 0.2) is 0 Å². The van der Waals surface area contributed by atoms with Crippen molar-refractivity contribution in [1.29, 1.82) is 0 Å². The van der Waals surface area contributed by atoms with Crippen LogP contribution >= 0.6 is 0 Å². The number of nitrogens with one attached hydrogen (secondary N) is 1. The summed E-state index contributed by atoms with van der Waals surface area (Å²) in [5.41, 5.74) is 0. The van der Waals surface area contributed by atoms with Crippen molar-refractivity contribution in [3.8, 4) is 0 Å². The predicted molar refractivity (Wildman–Crippen MR) is 59.2 cm³/mol. The fraction of sp³-hybridized carbons (Fsp3) is 0.727. The molecule has 14 heavy (non-hydrogen) atoms. The first kappa shape index (κ1) is 11.2. The normalized spacial score (nSPS) is 13.0. The molecule has 0 aliphatic heterocycles. The lowest BCUT2D eigenvalue weighted by atomic mass is 10.1. The molecular weight excluding hydrogens is 174 g/mol. The summed E-state index contributed by atoms with van der Waals surface area (Å²) in [6.07, 6.45) is 8.14. The SMILES string of the molecule is CC[C@@H](C)CNCCCn1ccnc1. The summed E-state index contributed by atoms with van der Waals surface area (Å²) >= 11 is 0. The Bertz CT molecular complexity index is 218. The van der Waals surface area contributed by atoms with E-state index in [1.54, 1.807) is 0 Å². The van der Waals surface area contributed by atoms with Gasteiger partial charge in [0.05, 0.1) is 6.33 Å². The number of aryl methyl sites for hydroxylation is 1.